The van der Waals surface area contributed by atoms with Gasteiger partial charge in [0.2, 0.25) is 11.8 Å². The van der Waals surface area contributed by atoms with Gasteiger partial charge >= 0.3 is 0 Å². The van der Waals surface area contributed by atoms with Gasteiger partial charge in [0.1, 0.15) is 42.0 Å². The monoisotopic (exact) mass is 648 g/mol. The second-order valence-corrected chi connectivity index (χ2v) is 12.7. The van der Waals surface area contributed by atoms with E-state index in [2.05, 4.69) is 35.6 Å². The number of amides is 1. The molecule has 2 aromatic rings. The van der Waals surface area contributed by atoms with Gasteiger partial charge in [0.15, 0.2) is 5.82 Å². The summed E-state index contributed by atoms with van der Waals surface area (Å²) in [5.41, 5.74) is 3.63. The fourth-order valence-electron chi connectivity index (χ4n) is 7.14. The predicted molar refractivity (Wildman–Crippen MR) is 173 cm³/mol. The Hall–Kier alpha value is -4.26. The molecule has 1 aromatic heterocycles. The van der Waals surface area contributed by atoms with Crippen LogP contribution in [0.25, 0.3) is 0 Å². The van der Waals surface area contributed by atoms with Gasteiger partial charge in [-0.1, -0.05) is 18.2 Å². The van der Waals surface area contributed by atoms with Crippen molar-refractivity contribution >= 4 is 34.6 Å². The average Bonchev–Trinajstić information content (AvgIpc) is 3.47. The number of nitrogens with zero attached hydrogens (tertiary/aromatic N) is 8. The highest BCUT2D eigenvalue weighted by atomic mass is 35.5. The normalized spacial score (nSPS) is 21.2. The molecule has 0 radical (unpaired) electrons. The highest BCUT2D eigenvalue weighted by Crippen LogP contribution is 2.47. The van der Waals surface area contributed by atoms with E-state index in [1.54, 1.807) is 4.90 Å². The van der Waals surface area contributed by atoms with E-state index < -0.39 is 5.82 Å². The second kappa shape index (κ2) is 13.2. The molecule has 0 spiro atoms. The Kier molecular flexibility index (Phi) is 9.12. The van der Waals surface area contributed by atoms with Crippen LogP contribution in [-0.4, -0.2) is 99.4 Å². The summed E-state index contributed by atoms with van der Waals surface area (Å²) < 4.78 is 28.1. The zero-order valence-electron chi connectivity index (χ0n) is 26.3. The number of aromatic nitrogens is 1. The van der Waals surface area contributed by atoms with Crippen molar-refractivity contribution in [3.8, 4) is 23.8 Å². The number of piperazine rings is 1. The van der Waals surface area contributed by atoms with Crippen LogP contribution in [0.1, 0.15) is 36.1 Å². The van der Waals surface area contributed by atoms with Crippen molar-refractivity contribution in [2.75, 3.05) is 81.3 Å². The van der Waals surface area contributed by atoms with E-state index in [0.717, 1.165) is 24.9 Å². The molecule has 2 saturated heterocycles. The Morgan fingerprint density at radius 1 is 1.17 bits per heavy atom. The number of likely N-dealkylation sites (tertiary alicyclic amines) is 1. The Labute approximate surface area is 273 Å². The molecule has 4 aliphatic rings. The van der Waals surface area contributed by atoms with Crippen LogP contribution >= 0.6 is 11.6 Å². The molecule has 46 heavy (non-hydrogen) atoms. The van der Waals surface area contributed by atoms with E-state index in [1.807, 2.05) is 16.8 Å². The van der Waals surface area contributed by atoms with Crippen LogP contribution in [0.5, 0.6) is 11.6 Å². The van der Waals surface area contributed by atoms with Crippen molar-refractivity contribution in [1.29, 1.82) is 10.5 Å². The van der Waals surface area contributed by atoms with Gasteiger partial charge in [-0.15, -0.1) is 0 Å². The predicted octanol–water partition coefficient (Wildman–Crippen LogP) is 3.73. The highest BCUT2D eigenvalue weighted by molar-refractivity contribution is 6.31. The lowest BCUT2D eigenvalue weighted by molar-refractivity contribution is -0.128. The molecule has 2 fully saturated rings. The van der Waals surface area contributed by atoms with Crippen LogP contribution in [0.4, 0.5) is 21.5 Å². The van der Waals surface area contributed by atoms with Crippen molar-refractivity contribution in [3.63, 3.8) is 0 Å². The number of hydrogen-bond donors (Lipinski definition) is 0. The molecule has 242 valence electrons. The van der Waals surface area contributed by atoms with Crippen molar-refractivity contribution < 1.29 is 18.7 Å². The molecular formula is C33H38ClFN8O3. The molecule has 0 saturated carbocycles. The van der Waals surface area contributed by atoms with Crippen molar-refractivity contribution in [1.82, 2.24) is 14.8 Å². The van der Waals surface area contributed by atoms with E-state index in [-0.39, 0.29) is 41.9 Å². The first kappa shape index (κ1) is 31.7. The SMILES string of the molecule is C=CC(=O)N1CCN(c2c(C#N)c(OC[C@@H]3CCCN3C)nc3c2CCN(c2c(F)c(Cl)cc4c2N(C)CCO4)C3)C[C@@H]1CC#N. The molecule has 6 rings (SSSR count). The Balaban J connectivity index is 1.42. The average molecular weight is 649 g/mol. The van der Waals surface area contributed by atoms with Gasteiger partial charge in [-0.3, -0.25) is 4.79 Å². The maximum atomic E-state index is 15.8. The van der Waals surface area contributed by atoms with Crippen molar-refractivity contribution in [2.24, 2.45) is 0 Å². The van der Waals surface area contributed by atoms with Crippen molar-refractivity contribution in [2.45, 2.75) is 44.3 Å². The Morgan fingerprint density at radius 2 is 2.00 bits per heavy atom. The smallest absolute Gasteiger partial charge is 0.246 e. The molecule has 0 N–H and O–H groups in total. The van der Waals surface area contributed by atoms with Crippen LogP contribution in [0, 0.1) is 28.5 Å². The molecule has 1 aromatic carbocycles. The molecule has 1 amide bonds. The molecule has 2 atom stereocenters. The van der Waals surface area contributed by atoms with E-state index >= 15 is 4.39 Å². The third-order valence-corrected chi connectivity index (χ3v) is 9.86. The minimum absolute atomic E-state index is 0.0106. The van der Waals surface area contributed by atoms with Crippen LogP contribution in [0.2, 0.25) is 5.02 Å². The largest absolute Gasteiger partial charge is 0.489 e. The number of benzene rings is 1. The summed E-state index contributed by atoms with van der Waals surface area (Å²) in [7, 11) is 3.97. The second-order valence-electron chi connectivity index (χ2n) is 12.3. The van der Waals surface area contributed by atoms with E-state index in [0.29, 0.717) is 86.4 Å². The quantitative estimate of drug-likeness (QED) is 0.412. The van der Waals surface area contributed by atoms with Crippen LogP contribution < -0.4 is 24.2 Å². The van der Waals surface area contributed by atoms with E-state index in [1.165, 1.54) is 12.1 Å². The fourth-order valence-corrected chi connectivity index (χ4v) is 7.33. The minimum atomic E-state index is -0.516. The molecule has 13 heteroatoms. The number of carbonyl (C=O) groups is 1. The summed E-state index contributed by atoms with van der Waals surface area (Å²) in [5.74, 6) is 0.0417. The van der Waals surface area contributed by atoms with E-state index in [9.17, 15) is 15.3 Å². The molecule has 0 unspecified atom stereocenters. The number of pyridine rings is 1. The van der Waals surface area contributed by atoms with Crippen LogP contribution in [0.3, 0.4) is 0 Å². The first-order valence-corrected chi connectivity index (χ1v) is 16.1. The summed E-state index contributed by atoms with van der Waals surface area (Å²) in [4.78, 5) is 27.5. The molecule has 5 heterocycles. The summed E-state index contributed by atoms with van der Waals surface area (Å²) in [6, 6.07) is 5.95. The van der Waals surface area contributed by atoms with E-state index in [4.69, 9.17) is 26.1 Å². The Bertz CT molecular complexity index is 1620. The summed E-state index contributed by atoms with van der Waals surface area (Å²) in [6.07, 6.45) is 3.97. The number of likely N-dealkylation sites (N-methyl/N-ethyl adjacent to an activating group) is 2. The standard InChI is InChI=1S/C33H38ClFN8O3/c1-4-28(44)43-13-12-42(18-21(43)7-9-36)30-23-8-11-41(32-29(35)25(34)16-27-31(32)40(3)14-15-45-27)19-26(23)38-33(24(30)17-37)46-20-22-6-5-10-39(22)2/h4,16,21-22H,1,5-8,10-15,18-20H2,2-3H3/t21-,22-/m0/s1. The van der Waals surface area contributed by atoms with Crippen LogP contribution in [0.15, 0.2) is 18.7 Å². The van der Waals surface area contributed by atoms with Gasteiger partial charge in [0.25, 0.3) is 0 Å². The van der Waals surface area contributed by atoms with Gasteiger partial charge in [0.05, 0.1) is 48.0 Å². The van der Waals surface area contributed by atoms with Gasteiger partial charge in [-0.2, -0.15) is 10.5 Å². The lowest BCUT2D eigenvalue weighted by Crippen LogP contribution is -2.55. The zero-order valence-corrected chi connectivity index (χ0v) is 27.0. The lowest BCUT2D eigenvalue weighted by atomic mass is 9.96. The molecule has 11 nitrogen and oxygen atoms in total. The fraction of sp³-hybridized carbons (Fsp3) is 0.515. The van der Waals surface area contributed by atoms with Gasteiger partial charge in [-0.25, -0.2) is 9.37 Å². The molecule has 0 aliphatic carbocycles. The van der Waals surface area contributed by atoms with Gasteiger partial charge < -0.3 is 34.0 Å². The lowest BCUT2D eigenvalue weighted by Gasteiger charge is -2.43. The number of hydrogen-bond acceptors (Lipinski definition) is 10. The number of fused-ring (bicyclic) bond motifs is 2. The maximum absolute atomic E-state index is 15.8. The third-order valence-electron chi connectivity index (χ3n) is 9.59. The topological polar surface area (TPSA) is 112 Å². The summed E-state index contributed by atoms with van der Waals surface area (Å²) >= 11 is 6.37. The molecular weight excluding hydrogens is 611 g/mol. The highest BCUT2D eigenvalue weighted by Gasteiger charge is 2.37. The minimum Gasteiger partial charge on any atom is -0.489 e. The number of halogens is 2. The summed E-state index contributed by atoms with van der Waals surface area (Å²) in [5, 5.41) is 20.1. The van der Waals surface area contributed by atoms with Gasteiger partial charge in [-0.05, 0) is 38.9 Å². The zero-order chi connectivity index (χ0) is 32.5. The number of rotatable bonds is 7. The number of carbonyl (C=O) groups excluding carboxylic acids is 1. The Morgan fingerprint density at radius 3 is 2.72 bits per heavy atom. The maximum Gasteiger partial charge on any atom is 0.246 e. The number of nitriles is 2. The van der Waals surface area contributed by atoms with Gasteiger partial charge in [0, 0.05) is 50.9 Å². The molecule has 4 aliphatic heterocycles. The van der Waals surface area contributed by atoms with Crippen molar-refractivity contribution in [3.05, 3.63) is 46.4 Å². The number of anilines is 3. The summed E-state index contributed by atoms with van der Waals surface area (Å²) in [6.45, 7) is 8.00. The van der Waals surface area contributed by atoms with Crippen LogP contribution in [-0.2, 0) is 17.8 Å². The number of ether oxygens (including phenoxy) is 2. The first-order valence-electron chi connectivity index (χ1n) is 15.7. The first-order chi connectivity index (χ1) is 22.2. The molecule has 0 bridgehead atoms. The third kappa shape index (κ3) is 5.76.